The Balaban J connectivity index is 0.00000185. The Labute approximate surface area is 252 Å². The van der Waals surface area contributed by atoms with E-state index in [1.807, 2.05) is 61.7 Å². The van der Waals surface area contributed by atoms with Crippen molar-refractivity contribution in [1.82, 2.24) is 20.1 Å². The zero-order chi connectivity index (χ0) is 25.7. The van der Waals surface area contributed by atoms with E-state index in [2.05, 4.69) is 45.1 Å². The summed E-state index contributed by atoms with van der Waals surface area (Å²) in [5.74, 6) is 1.93. The first-order valence-electron chi connectivity index (χ1n) is 12.1. The van der Waals surface area contributed by atoms with Crippen molar-refractivity contribution < 1.29 is 9.26 Å². The van der Waals surface area contributed by atoms with Crippen molar-refractivity contribution in [3.05, 3.63) is 108 Å². The lowest BCUT2D eigenvalue weighted by atomic mass is 10.1. The number of pyridine rings is 2. The molecule has 0 aliphatic rings. The van der Waals surface area contributed by atoms with Gasteiger partial charge in [-0.1, -0.05) is 65.4 Å². The molecule has 0 unspecified atom stereocenters. The molecule has 2 aromatic carbocycles. The number of nitrogens with one attached hydrogen (secondary N) is 1. The maximum absolute atomic E-state index is 6.26. The van der Waals surface area contributed by atoms with Crippen LogP contribution in [0.4, 0.5) is 10.9 Å². The summed E-state index contributed by atoms with van der Waals surface area (Å²) in [7, 11) is 0. The van der Waals surface area contributed by atoms with Gasteiger partial charge in [-0.15, -0.1) is 36.2 Å². The normalized spacial score (nSPS) is 10.5. The number of aromatic nitrogens is 4. The quantitative estimate of drug-likeness (QED) is 0.174. The molecule has 0 amide bonds. The monoisotopic (exact) mass is 609 g/mol. The van der Waals surface area contributed by atoms with Gasteiger partial charge in [-0.25, -0.2) is 15.0 Å². The molecular weight excluding hydrogens is 585 g/mol. The van der Waals surface area contributed by atoms with E-state index in [0.717, 1.165) is 50.3 Å². The average molecular weight is 611 g/mol. The highest BCUT2D eigenvalue weighted by Crippen LogP contribution is 2.39. The van der Waals surface area contributed by atoms with E-state index in [9.17, 15) is 0 Å². The summed E-state index contributed by atoms with van der Waals surface area (Å²) in [6.45, 7) is 1.91. The number of para-hydroxylation sites is 1. The summed E-state index contributed by atoms with van der Waals surface area (Å²) >= 11 is 3.12. The van der Waals surface area contributed by atoms with Crippen LogP contribution in [0.1, 0.15) is 17.0 Å². The number of thiazole rings is 1. The van der Waals surface area contributed by atoms with Crippen molar-refractivity contribution >= 4 is 70.0 Å². The van der Waals surface area contributed by atoms with Crippen molar-refractivity contribution in [3.8, 4) is 11.5 Å². The van der Waals surface area contributed by atoms with E-state index in [-0.39, 0.29) is 24.8 Å². The van der Waals surface area contributed by atoms with Crippen LogP contribution in [-0.4, -0.2) is 20.1 Å². The lowest BCUT2D eigenvalue weighted by molar-refractivity contribution is 0.443. The lowest BCUT2D eigenvalue weighted by Crippen LogP contribution is -1.98. The Morgan fingerprint density at radius 1 is 0.950 bits per heavy atom. The minimum atomic E-state index is 0. The van der Waals surface area contributed by atoms with Crippen molar-refractivity contribution in [2.75, 3.05) is 5.32 Å². The summed E-state index contributed by atoms with van der Waals surface area (Å²) in [6.07, 6.45) is 5.37. The predicted molar refractivity (Wildman–Crippen MR) is 165 cm³/mol. The molecule has 6 aromatic rings. The van der Waals surface area contributed by atoms with E-state index in [1.54, 1.807) is 29.3 Å². The van der Waals surface area contributed by atoms with E-state index < -0.39 is 0 Å². The average Bonchev–Trinajstić information content (AvgIpc) is 3.57. The molecular formula is C29H25Cl2N5O2S2. The molecule has 40 heavy (non-hydrogen) atoms. The van der Waals surface area contributed by atoms with Gasteiger partial charge >= 0.3 is 0 Å². The van der Waals surface area contributed by atoms with Crippen molar-refractivity contribution in [2.45, 2.75) is 29.6 Å². The molecule has 6 rings (SSSR count). The number of fused-ring (bicyclic) bond motifs is 1. The first-order chi connectivity index (χ1) is 18.7. The molecule has 0 atom stereocenters. The van der Waals surface area contributed by atoms with Gasteiger partial charge in [0.1, 0.15) is 5.75 Å². The van der Waals surface area contributed by atoms with Crippen LogP contribution in [0, 0.1) is 6.92 Å². The summed E-state index contributed by atoms with van der Waals surface area (Å²) in [5.41, 5.74) is 3.67. The van der Waals surface area contributed by atoms with Crippen molar-refractivity contribution in [1.29, 1.82) is 0 Å². The number of hydrogen-bond acceptors (Lipinski definition) is 9. The summed E-state index contributed by atoms with van der Waals surface area (Å²) in [6, 6.07) is 24.1. The van der Waals surface area contributed by atoms with Crippen LogP contribution in [-0.2, 0) is 12.8 Å². The third kappa shape index (κ3) is 6.92. The topological polar surface area (TPSA) is 86.0 Å². The minimum absolute atomic E-state index is 0. The van der Waals surface area contributed by atoms with Gasteiger partial charge < -0.3 is 14.6 Å². The van der Waals surface area contributed by atoms with Crippen LogP contribution >= 0.6 is 47.9 Å². The molecule has 204 valence electrons. The number of aryl methyl sites for hydroxylation is 3. The van der Waals surface area contributed by atoms with Gasteiger partial charge in [0, 0.05) is 33.6 Å². The number of nitrogens with zero attached hydrogens (tertiary/aromatic N) is 4. The van der Waals surface area contributed by atoms with Gasteiger partial charge in [0.2, 0.25) is 0 Å². The number of halogens is 2. The molecule has 0 fully saturated rings. The van der Waals surface area contributed by atoms with Crippen LogP contribution in [0.25, 0.3) is 11.1 Å². The number of hydrogen-bond donors (Lipinski definition) is 1. The predicted octanol–water partition coefficient (Wildman–Crippen LogP) is 8.70. The number of anilines is 2. The molecule has 1 N–H and O–H groups in total. The van der Waals surface area contributed by atoms with E-state index in [0.29, 0.717) is 17.3 Å². The summed E-state index contributed by atoms with van der Waals surface area (Å²) in [5, 5.41) is 11.2. The number of ether oxygens (including phenoxy) is 1. The molecule has 4 heterocycles. The minimum Gasteiger partial charge on any atom is -0.453 e. The second-order valence-corrected chi connectivity index (χ2v) is 10.5. The highest BCUT2D eigenvalue weighted by molar-refractivity contribution is 7.99. The maximum atomic E-state index is 6.26. The first kappa shape index (κ1) is 29.4. The van der Waals surface area contributed by atoms with Crippen LogP contribution in [0.3, 0.4) is 0 Å². The largest absolute Gasteiger partial charge is 0.453 e. The fourth-order valence-corrected chi connectivity index (χ4v) is 5.70. The smallest absolute Gasteiger partial charge is 0.259 e. The molecule has 0 saturated carbocycles. The first-order valence-corrected chi connectivity index (χ1v) is 13.8. The van der Waals surface area contributed by atoms with Gasteiger partial charge in [-0.3, -0.25) is 0 Å². The van der Waals surface area contributed by atoms with Gasteiger partial charge in [-0.05, 0) is 43.5 Å². The summed E-state index contributed by atoms with van der Waals surface area (Å²) < 4.78 is 11.6. The van der Waals surface area contributed by atoms with Crippen LogP contribution in [0.2, 0.25) is 0 Å². The third-order valence-corrected chi connectivity index (χ3v) is 7.65. The van der Waals surface area contributed by atoms with Crippen molar-refractivity contribution in [3.63, 3.8) is 0 Å². The SMILES string of the molecule is Cc1noc2nccc(Sc3cnc(Nc4nc(CCc5ccccc5)cs4)c(Oc4ccccc4)c3)c12.Cl.Cl. The molecule has 0 spiro atoms. The molecule has 0 saturated heterocycles. The highest BCUT2D eigenvalue weighted by atomic mass is 35.5. The third-order valence-electron chi connectivity index (χ3n) is 5.82. The fraction of sp³-hybridized carbons (Fsp3) is 0.103. The Kier molecular flexibility index (Phi) is 10.0. The van der Waals surface area contributed by atoms with E-state index >= 15 is 0 Å². The maximum Gasteiger partial charge on any atom is 0.259 e. The Morgan fingerprint density at radius 2 is 1.73 bits per heavy atom. The van der Waals surface area contributed by atoms with Gasteiger partial charge in [-0.2, -0.15) is 0 Å². The molecule has 0 bridgehead atoms. The summed E-state index contributed by atoms with van der Waals surface area (Å²) in [4.78, 5) is 15.7. The lowest BCUT2D eigenvalue weighted by Gasteiger charge is -2.12. The zero-order valence-electron chi connectivity index (χ0n) is 21.3. The van der Waals surface area contributed by atoms with Gasteiger partial charge in [0.05, 0.1) is 16.8 Å². The molecule has 0 aliphatic heterocycles. The number of benzene rings is 2. The standard InChI is InChI=1S/C29H23N5O2S2.2ClH/c1-19-26-25(14-15-30-28(26)36-34-19)38-23-16-24(35-22-10-6-3-7-11-22)27(31-17-23)33-29-32-21(18-37-29)13-12-20-8-4-2-5-9-20;;/h2-11,14-18H,12-13H2,1H3,(H,31,32,33);2*1H. The van der Waals surface area contributed by atoms with Crippen LogP contribution < -0.4 is 10.1 Å². The van der Waals surface area contributed by atoms with Crippen LogP contribution in [0.15, 0.2) is 105 Å². The number of rotatable bonds is 9. The fourth-order valence-electron chi connectivity index (χ4n) is 3.96. The van der Waals surface area contributed by atoms with E-state index in [1.165, 1.54) is 5.56 Å². The zero-order valence-corrected chi connectivity index (χ0v) is 24.6. The van der Waals surface area contributed by atoms with Gasteiger partial charge in [0.15, 0.2) is 16.7 Å². The molecule has 0 aliphatic carbocycles. The Morgan fingerprint density at radius 3 is 2.52 bits per heavy atom. The van der Waals surface area contributed by atoms with Crippen LogP contribution in [0.5, 0.6) is 11.5 Å². The Bertz CT molecular complexity index is 1680. The van der Waals surface area contributed by atoms with Crippen molar-refractivity contribution in [2.24, 2.45) is 0 Å². The molecule has 11 heteroatoms. The van der Waals surface area contributed by atoms with E-state index in [4.69, 9.17) is 19.2 Å². The molecule has 0 radical (unpaired) electrons. The highest BCUT2D eigenvalue weighted by Gasteiger charge is 2.15. The molecule has 7 nitrogen and oxygen atoms in total. The second-order valence-electron chi connectivity index (χ2n) is 8.55. The Hall–Kier alpha value is -3.63. The van der Waals surface area contributed by atoms with Gasteiger partial charge in [0.25, 0.3) is 5.71 Å². The molecule has 4 aromatic heterocycles. The second kappa shape index (κ2) is 13.6.